The highest BCUT2D eigenvalue weighted by atomic mass is 79.9. The maximum absolute atomic E-state index is 5.90. The third-order valence-electron chi connectivity index (χ3n) is 2.79. The number of hydrogen-bond donors (Lipinski definition) is 1. The average molecular weight is 301 g/mol. The number of halogens is 1. The summed E-state index contributed by atoms with van der Waals surface area (Å²) in [5.74, 6) is 0. The van der Waals surface area contributed by atoms with Crippen molar-refractivity contribution in [1.29, 1.82) is 0 Å². The third kappa shape index (κ3) is 1.92. The fourth-order valence-corrected chi connectivity index (χ4v) is 2.73. The van der Waals surface area contributed by atoms with E-state index in [1.807, 2.05) is 24.8 Å². The molecule has 0 aliphatic rings. The van der Waals surface area contributed by atoms with Gasteiger partial charge in [0.1, 0.15) is 0 Å². The van der Waals surface area contributed by atoms with Gasteiger partial charge in [-0.15, -0.1) is 11.3 Å². The average Bonchev–Trinajstić information content (AvgIpc) is 2.86. The van der Waals surface area contributed by atoms with E-state index in [9.17, 15) is 0 Å². The minimum Gasteiger partial charge on any atom is -0.329 e. The number of aromatic nitrogens is 3. The zero-order valence-corrected chi connectivity index (χ0v) is 11.5. The fraction of sp³-hybridized carbons (Fsp3) is 0.400. The van der Waals surface area contributed by atoms with E-state index in [2.05, 4.69) is 32.9 Å². The quantitative estimate of drug-likeness (QED) is 0.942. The van der Waals surface area contributed by atoms with Crippen LogP contribution in [0.1, 0.15) is 18.2 Å². The van der Waals surface area contributed by atoms with Crippen LogP contribution in [0.4, 0.5) is 0 Å². The number of rotatable bonds is 3. The van der Waals surface area contributed by atoms with Gasteiger partial charge in [-0.25, -0.2) is 4.98 Å². The number of nitrogens with two attached hydrogens (primary N) is 1. The topological polar surface area (TPSA) is 56.7 Å². The summed E-state index contributed by atoms with van der Waals surface area (Å²) in [6, 6.07) is 0. The molecule has 2 N–H and O–H groups in total. The van der Waals surface area contributed by atoms with E-state index >= 15 is 0 Å². The predicted molar refractivity (Wildman–Crippen MR) is 68.5 cm³/mol. The van der Waals surface area contributed by atoms with Gasteiger partial charge in [-0.1, -0.05) is 0 Å². The second-order valence-electron chi connectivity index (χ2n) is 3.92. The lowest BCUT2D eigenvalue weighted by atomic mass is 9.82. The van der Waals surface area contributed by atoms with Crippen LogP contribution in [-0.2, 0) is 12.5 Å². The lowest BCUT2D eigenvalue weighted by Gasteiger charge is -2.24. The molecule has 2 heterocycles. The molecule has 2 aromatic heterocycles. The molecule has 0 amide bonds. The molecule has 0 radical (unpaired) electrons. The molecule has 1 unspecified atom stereocenters. The number of thiazole rings is 1. The minimum atomic E-state index is -0.267. The van der Waals surface area contributed by atoms with Gasteiger partial charge in [0.05, 0.1) is 17.3 Å². The molecule has 16 heavy (non-hydrogen) atoms. The molecule has 6 heteroatoms. The van der Waals surface area contributed by atoms with Gasteiger partial charge < -0.3 is 5.73 Å². The van der Waals surface area contributed by atoms with Crippen LogP contribution in [-0.4, -0.2) is 21.3 Å². The summed E-state index contributed by atoms with van der Waals surface area (Å²) >= 11 is 4.95. The van der Waals surface area contributed by atoms with Crippen molar-refractivity contribution in [2.45, 2.75) is 12.3 Å². The molecule has 0 saturated carbocycles. The molecule has 2 aromatic rings. The summed E-state index contributed by atoms with van der Waals surface area (Å²) in [5.41, 5.74) is 7.71. The lowest BCUT2D eigenvalue weighted by molar-refractivity contribution is 0.567. The first-order chi connectivity index (χ1) is 7.56. The highest BCUT2D eigenvalue weighted by Crippen LogP contribution is 2.32. The molecule has 0 fully saturated rings. The summed E-state index contributed by atoms with van der Waals surface area (Å²) < 4.78 is 2.66. The first-order valence-electron chi connectivity index (χ1n) is 4.87. The Morgan fingerprint density at radius 3 is 2.81 bits per heavy atom. The van der Waals surface area contributed by atoms with Gasteiger partial charge >= 0.3 is 0 Å². The minimum absolute atomic E-state index is 0.267. The Morgan fingerprint density at radius 1 is 1.62 bits per heavy atom. The number of nitrogens with zero attached hydrogens (tertiary/aromatic N) is 3. The predicted octanol–water partition coefficient (Wildman–Crippen LogP) is 1.90. The molecule has 1 atom stereocenters. The van der Waals surface area contributed by atoms with Crippen molar-refractivity contribution < 1.29 is 0 Å². The summed E-state index contributed by atoms with van der Waals surface area (Å²) in [4.78, 5) is 4.46. The standard InChI is InChI=1S/C10H13BrN4S/c1-10(6-12,7-3-13-15(2)4-7)8-5-16-9(11)14-8/h3-5H,6,12H2,1-2H3. The van der Waals surface area contributed by atoms with Crippen LogP contribution in [0, 0.1) is 0 Å². The highest BCUT2D eigenvalue weighted by Gasteiger charge is 2.31. The Kier molecular flexibility index (Phi) is 3.14. The Morgan fingerprint density at radius 2 is 2.38 bits per heavy atom. The molecule has 4 nitrogen and oxygen atoms in total. The first kappa shape index (κ1) is 11.8. The Labute approximate surface area is 107 Å². The third-order valence-corrected chi connectivity index (χ3v) is 4.16. The van der Waals surface area contributed by atoms with Crippen LogP contribution >= 0.6 is 27.3 Å². The Hall–Kier alpha value is -0.720. The summed E-state index contributed by atoms with van der Waals surface area (Å²) in [6.07, 6.45) is 3.83. The van der Waals surface area contributed by atoms with Crippen molar-refractivity contribution in [3.8, 4) is 0 Å². The molecule has 0 bridgehead atoms. The fourth-order valence-electron chi connectivity index (χ4n) is 1.58. The molecule has 86 valence electrons. The Bertz CT molecular complexity index is 450. The van der Waals surface area contributed by atoms with Crippen LogP contribution in [0.25, 0.3) is 0 Å². The Balaban J connectivity index is 2.47. The smallest absolute Gasteiger partial charge is 0.159 e. The van der Waals surface area contributed by atoms with Crippen molar-refractivity contribution in [2.75, 3.05) is 6.54 Å². The van der Waals surface area contributed by atoms with Gasteiger partial charge in [0, 0.05) is 30.7 Å². The van der Waals surface area contributed by atoms with Crippen molar-refractivity contribution in [3.05, 3.63) is 32.9 Å². The van der Waals surface area contributed by atoms with Gasteiger partial charge in [0.2, 0.25) is 0 Å². The van der Waals surface area contributed by atoms with Crippen molar-refractivity contribution in [2.24, 2.45) is 12.8 Å². The van der Waals surface area contributed by atoms with E-state index in [-0.39, 0.29) is 5.41 Å². The molecule has 0 aliphatic heterocycles. The van der Waals surface area contributed by atoms with E-state index < -0.39 is 0 Å². The maximum Gasteiger partial charge on any atom is 0.159 e. The van der Waals surface area contributed by atoms with Gasteiger partial charge in [0.25, 0.3) is 0 Å². The van der Waals surface area contributed by atoms with Crippen LogP contribution in [0.2, 0.25) is 0 Å². The van der Waals surface area contributed by atoms with Crippen LogP contribution in [0.3, 0.4) is 0 Å². The lowest BCUT2D eigenvalue weighted by Crippen LogP contribution is -2.33. The van der Waals surface area contributed by atoms with Gasteiger partial charge in [-0.3, -0.25) is 4.68 Å². The van der Waals surface area contributed by atoms with Gasteiger partial charge in [-0.05, 0) is 22.9 Å². The highest BCUT2D eigenvalue weighted by molar-refractivity contribution is 9.11. The zero-order chi connectivity index (χ0) is 11.8. The van der Waals surface area contributed by atoms with Crippen LogP contribution < -0.4 is 5.73 Å². The summed E-state index contributed by atoms with van der Waals surface area (Å²) in [5, 5.41) is 6.22. The molecular formula is C10H13BrN4S. The van der Waals surface area contributed by atoms with E-state index in [0.29, 0.717) is 6.54 Å². The largest absolute Gasteiger partial charge is 0.329 e. The normalized spacial score (nSPS) is 15.0. The van der Waals surface area contributed by atoms with Gasteiger partial charge in [0.15, 0.2) is 3.92 Å². The van der Waals surface area contributed by atoms with E-state index in [0.717, 1.165) is 15.2 Å². The zero-order valence-electron chi connectivity index (χ0n) is 9.14. The van der Waals surface area contributed by atoms with Crippen LogP contribution in [0.15, 0.2) is 21.7 Å². The number of hydrogen-bond acceptors (Lipinski definition) is 4. The molecule has 2 rings (SSSR count). The number of aryl methyl sites for hydroxylation is 1. The van der Waals surface area contributed by atoms with E-state index in [4.69, 9.17) is 5.73 Å². The van der Waals surface area contributed by atoms with Crippen molar-refractivity contribution in [1.82, 2.24) is 14.8 Å². The molecule has 0 aliphatic carbocycles. The van der Waals surface area contributed by atoms with Crippen LogP contribution in [0.5, 0.6) is 0 Å². The molecule has 0 spiro atoms. The molecule has 0 aromatic carbocycles. The monoisotopic (exact) mass is 300 g/mol. The molecular weight excluding hydrogens is 288 g/mol. The van der Waals surface area contributed by atoms with E-state index in [1.54, 1.807) is 16.0 Å². The van der Waals surface area contributed by atoms with Gasteiger partial charge in [-0.2, -0.15) is 5.10 Å². The summed E-state index contributed by atoms with van der Waals surface area (Å²) in [7, 11) is 1.90. The van der Waals surface area contributed by atoms with Crippen molar-refractivity contribution in [3.63, 3.8) is 0 Å². The molecule has 0 saturated heterocycles. The second kappa shape index (κ2) is 4.27. The first-order valence-corrected chi connectivity index (χ1v) is 6.54. The van der Waals surface area contributed by atoms with E-state index in [1.165, 1.54) is 0 Å². The SMILES string of the molecule is Cn1cc(C(C)(CN)c2csc(Br)n2)cn1. The second-order valence-corrected chi connectivity index (χ2v) is 6.06. The van der Waals surface area contributed by atoms with Crippen molar-refractivity contribution >= 4 is 27.3 Å². The summed E-state index contributed by atoms with van der Waals surface area (Å²) in [6.45, 7) is 2.60. The maximum atomic E-state index is 5.90.